The number of benzene rings is 1. The number of rotatable bonds is 10. The standard InChI is InChI=1S/C19H29ClFN3O2/c1-2-22-19(23-9-4-11-25-13-15-8-12-26-14-15)24-10-7-16-17(20)5-3-6-18(16)21/h3,5-6,15H,2,4,7-14H2,1H3,(H2,22,23,24). The average Bonchev–Trinajstić information content (AvgIpc) is 3.13. The monoisotopic (exact) mass is 385 g/mol. The van der Waals surface area contributed by atoms with Gasteiger partial charge in [0, 0.05) is 49.4 Å². The molecular formula is C19H29ClFN3O2. The van der Waals surface area contributed by atoms with Crippen molar-refractivity contribution in [1.29, 1.82) is 0 Å². The molecule has 1 unspecified atom stereocenters. The third kappa shape index (κ3) is 7.48. The zero-order valence-corrected chi connectivity index (χ0v) is 16.2. The number of hydrogen-bond acceptors (Lipinski definition) is 3. The van der Waals surface area contributed by atoms with E-state index in [-0.39, 0.29) is 5.82 Å². The number of guanidine groups is 1. The van der Waals surface area contributed by atoms with Crippen molar-refractivity contribution in [1.82, 2.24) is 10.6 Å². The molecule has 1 aliphatic rings. The van der Waals surface area contributed by atoms with Crippen molar-refractivity contribution in [3.8, 4) is 0 Å². The van der Waals surface area contributed by atoms with E-state index in [1.807, 2.05) is 6.92 Å². The van der Waals surface area contributed by atoms with Crippen molar-refractivity contribution in [3.63, 3.8) is 0 Å². The lowest BCUT2D eigenvalue weighted by Gasteiger charge is -2.12. The van der Waals surface area contributed by atoms with Crippen LogP contribution < -0.4 is 10.6 Å². The maximum atomic E-state index is 13.8. The lowest BCUT2D eigenvalue weighted by atomic mass is 10.1. The quantitative estimate of drug-likeness (QED) is 0.369. The van der Waals surface area contributed by atoms with Crippen LogP contribution in [0.5, 0.6) is 0 Å². The molecule has 7 heteroatoms. The Bertz CT molecular complexity index is 545. The molecule has 1 fully saturated rings. The molecule has 1 atom stereocenters. The van der Waals surface area contributed by atoms with Crippen LogP contribution in [0.2, 0.25) is 5.02 Å². The van der Waals surface area contributed by atoms with Crippen molar-refractivity contribution in [2.45, 2.75) is 26.2 Å². The number of halogens is 2. The minimum Gasteiger partial charge on any atom is -0.381 e. The molecule has 26 heavy (non-hydrogen) atoms. The van der Waals surface area contributed by atoms with Crippen LogP contribution >= 0.6 is 11.6 Å². The van der Waals surface area contributed by atoms with E-state index in [0.717, 1.165) is 45.2 Å². The van der Waals surface area contributed by atoms with E-state index in [2.05, 4.69) is 15.6 Å². The summed E-state index contributed by atoms with van der Waals surface area (Å²) in [6.45, 7) is 7.16. The molecule has 1 aromatic carbocycles. The Labute approximate surface area is 160 Å². The Morgan fingerprint density at radius 1 is 1.42 bits per heavy atom. The van der Waals surface area contributed by atoms with Crippen LogP contribution in [0.1, 0.15) is 25.3 Å². The molecule has 1 heterocycles. The molecule has 1 saturated heterocycles. The van der Waals surface area contributed by atoms with Crippen molar-refractivity contribution >= 4 is 17.6 Å². The van der Waals surface area contributed by atoms with Gasteiger partial charge >= 0.3 is 0 Å². The molecule has 0 bridgehead atoms. The lowest BCUT2D eigenvalue weighted by molar-refractivity contribution is 0.0893. The average molecular weight is 386 g/mol. The van der Waals surface area contributed by atoms with E-state index in [0.29, 0.717) is 42.6 Å². The van der Waals surface area contributed by atoms with Gasteiger partial charge in [0.25, 0.3) is 0 Å². The van der Waals surface area contributed by atoms with Crippen LogP contribution in [0.25, 0.3) is 0 Å². The molecule has 1 aliphatic heterocycles. The summed E-state index contributed by atoms with van der Waals surface area (Å²) in [7, 11) is 0. The van der Waals surface area contributed by atoms with E-state index in [1.165, 1.54) is 6.07 Å². The smallest absolute Gasteiger partial charge is 0.191 e. The van der Waals surface area contributed by atoms with E-state index in [9.17, 15) is 4.39 Å². The molecule has 0 saturated carbocycles. The topological polar surface area (TPSA) is 54.9 Å². The van der Waals surface area contributed by atoms with Gasteiger partial charge in [-0.2, -0.15) is 0 Å². The Hall–Kier alpha value is -1.37. The third-order valence-electron chi connectivity index (χ3n) is 4.17. The predicted molar refractivity (Wildman–Crippen MR) is 103 cm³/mol. The van der Waals surface area contributed by atoms with Crippen molar-refractivity contribution < 1.29 is 13.9 Å². The van der Waals surface area contributed by atoms with Gasteiger partial charge in [-0.15, -0.1) is 0 Å². The van der Waals surface area contributed by atoms with Crippen LogP contribution in [-0.2, 0) is 15.9 Å². The maximum Gasteiger partial charge on any atom is 0.191 e. The van der Waals surface area contributed by atoms with Crippen molar-refractivity contribution in [3.05, 3.63) is 34.6 Å². The fourth-order valence-corrected chi connectivity index (χ4v) is 3.00. The van der Waals surface area contributed by atoms with E-state index in [4.69, 9.17) is 21.1 Å². The van der Waals surface area contributed by atoms with Gasteiger partial charge in [-0.3, -0.25) is 4.99 Å². The zero-order valence-electron chi connectivity index (χ0n) is 15.4. The summed E-state index contributed by atoms with van der Waals surface area (Å²) < 4.78 is 24.8. The second-order valence-electron chi connectivity index (χ2n) is 6.30. The first-order valence-corrected chi connectivity index (χ1v) is 9.69. The van der Waals surface area contributed by atoms with Gasteiger partial charge < -0.3 is 20.1 Å². The number of hydrogen-bond donors (Lipinski definition) is 2. The fourth-order valence-electron chi connectivity index (χ4n) is 2.74. The molecule has 0 aliphatic carbocycles. The Morgan fingerprint density at radius 2 is 2.31 bits per heavy atom. The summed E-state index contributed by atoms with van der Waals surface area (Å²) in [6.07, 6.45) is 2.46. The van der Waals surface area contributed by atoms with Crippen molar-refractivity contribution in [2.75, 3.05) is 46.1 Å². The van der Waals surface area contributed by atoms with Crippen molar-refractivity contribution in [2.24, 2.45) is 10.9 Å². The van der Waals surface area contributed by atoms with Crippen LogP contribution in [-0.4, -0.2) is 52.0 Å². The highest BCUT2D eigenvalue weighted by Crippen LogP contribution is 2.18. The zero-order chi connectivity index (χ0) is 18.6. The van der Waals surface area contributed by atoms with Crippen LogP contribution in [0.4, 0.5) is 4.39 Å². The van der Waals surface area contributed by atoms with E-state index in [1.54, 1.807) is 12.1 Å². The SMILES string of the molecule is CCNC(=NCCCOCC1CCOC1)NCCc1c(F)cccc1Cl. The molecule has 2 N–H and O–H groups in total. The second kappa shape index (κ2) is 12.1. The van der Waals surface area contributed by atoms with Crippen LogP contribution in [0, 0.1) is 11.7 Å². The first kappa shape index (κ1) is 20.9. The highest BCUT2D eigenvalue weighted by atomic mass is 35.5. The highest BCUT2D eigenvalue weighted by Gasteiger charge is 2.15. The number of nitrogens with one attached hydrogen (secondary N) is 2. The van der Waals surface area contributed by atoms with E-state index < -0.39 is 0 Å². The highest BCUT2D eigenvalue weighted by molar-refractivity contribution is 6.31. The summed E-state index contributed by atoms with van der Waals surface area (Å²) in [4.78, 5) is 4.52. The third-order valence-corrected chi connectivity index (χ3v) is 4.52. The Kier molecular flexibility index (Phi) is 9.74. The van der Waals surface area contributed by atoms with Gasteiger partial charge in [0.05, 0.1) is 13.2 Å². The number of nitrogens with zero attached hydrogens (tertiary/aromatic N) is 1. The molecule has 2 rings (SSSR count). The molecule has 0 radical (unpaired) electrons. The minimum atomic E-state index is -0.272. The largest absolute Gasteiger partial charge is 0.381 e. The maximum absolute atomic E-state index is 13.8. The molecule has 5 nitrogen and oxygen atoms in total. The molecule has 0 spiro atoms. The van der Waals surface area contributed by atoms with Gasteiger partial charge in [-0.25, -0.2) is 4.39 Å². The Balaban J connectivity index is 1.65. The van der Waals surface area contributed by atoms with Gasteiger partial charge in [0.2, 0.25) is 0 Å². The molecule has 0 amide bonds. The normalized spacial score (nSPS) is 17.5. The summed E-state index contributed by atoms with van der Waals surface area (Å²) in [6, 6.07) is 4.75. The molecular weight excluding hydrogens is 357 g/mol. The van der Waals surface area contributed by atoms with E-state index >= 15 is 0 Å². The minimum absolute atomic E-state index is 0.272. The first-order valence-electron chi connectivity index (χ1n) is 9.31. The van der Waals surface area contributed by atoms with Gasteiger partial charge in [0.15, 0.2) is 5.96 Å². The lowest BCUT2D eigenvalue weighted by Crippen LogP contribution is -2.38. The molecule has 0 aromatic heterocycles. The number of ether oxygens (including phenoxy) is 2. The Morgan fingerprint density at radius 3 is 3.04 bits per heavy atom. The summed E-state index contributed by atoms with van der Waals surface area (Å²) in [5.41, 5.74) is 0.529. The van der Waals surface area contributed by atoms with Gasteiger partial charge in [-0.05, 0) is 38.3 Å². The summed E-state index contributed by atoms with van der Waals surface area (Å²) >= 11 is 6.05. The summed E-state index contributed by atoms with van der Waals surface area (Å²) in [5, 5.41) is 6.86. The molecule has 1 aromatic rings. The second-order valence-corrected chi connectivity index (χ2v) is 6.70. The fraction of sp³-hybridized carbons (Fsp3) is 0.632. The van der Waals surface area contributed by atoms with Gasteiger partial charge in [0.1, 0.15) is 5.82 Å². The van der Waals surface area contributed by atoms with Crippen LogP contribution in [0.3, 0.4) is 0 Å². The first-order chi connectivity index (χ1) is 12.7. The molecule has 146 valence electrons. The predicted octanol–water partition coefficient (Wildman–Crippen LogP) is 3.02. The van der Waals surface area contributed by atoms with Gasteiger partial charge in [-0.1, -0.05) is 17.7 Å². The van der Waals surface area contributed by atoms with Crippen LogP contribution in [0.15, 0.2) is 23.2 Å². The number of aliphatic imine (C=N–C) groups is 1. The summed E-state index contributed by atoms with van der Waals surface area (Å²) in [5.74, 6) is 0.998.